The summed E-state index contributed by atoms with van der Waals surface area (Å²) in [6, 6.07) is 17.4. The molecule has 2 aromatic carbocycles. The van der Waals surface area contributed by atoms with Crippen LogP contribution >= 0.6 is 11.6 Å². The van der Waals surface area contributed by atoms with Crippen molar-refractivity contribution < 1.29 is 19.0 Å². The minimum Gasteiger partial charge on any atom is -0.486 e. The van der Waals surface area contributed by atoms with Crippen molar-refractivity contribution in [3.05, 3.63) is 77.8 Å². The number of amides is 1. The number of carbonyl (C=O) groups is 1. The average molecular weight is 616 g/mol. The SMILES string of the molecule is CC(C)(C)OC(=O)N1CCC2(CC1)CN=C(Nc1ccc3ncnc(Nc4ccc(OCc5ccccn5)c(Cl)c4)c3c1)O2. The number of amidine groups is 1. The van der Waals surface area contributed by atoms with E-state index in [0.29, 0.717) is 61.7 Å². The van der Waals surface area contributed by atoms with Gasteiger partial charge >= 0.3 is 6.09 Å². The summed E-state index contributed by atoms with van der Waals surface area (Å²) in [5, 5.41) is 7.92. The van der Waals surface area contributed by atoms with Crippen molar-refractivity contribution in [1.29, 1.82) is 0 Å². The first kappa shape index (κ1) is 29.4. The van der Waals surface area contributed by atoms with Crippen LogP contribution in [0.1, 0.15) is 39.3 Å². The fourth-order valence-electron chi connectivity index (χ4n) is 5.06. The van der Waals surface area contributed by atoms with Gasteiger partial charge in [-0.1, -0.05) is 17.7 Å². The van der Waals surface area contributed by atoms with Crippen molar-refractivity contribution in [3.63, 3.8) is 0 Å². The zero-order valence-electron chi connectivity index (χ0n) is 24.8. The number of carbonyl (C=O) groups excluding carboxylic acids is 1. The highest BCUT2D eigenvalue weighted by atomic mass is 35.5. The largest absolute Gasteiger partial charge is 0.486 e. The van der Waals surface area contributed by atoms with E-state index >= 15 is 0 Å². The maximum atomic E-state index is 12.5. The maximum Gasteiger partial charge on any atom is 0.410 e. The Morgan fingerprint density at radius 2 is 1.82 bits per heavy atom. The summed E-state index contributed by atoms with van der Waals surface area (Å²) in [6.07, 6.45) is 4.30. The number of pyridine rings is 1. The van der Waals surface area contributed by atoms with Gasteiger partial charge < -0.3 is 29.7 Å². The fraction of sp³-hybridized carbons (Fsp3) is 0.344. The highest BCUT2D eigenvalue weighted by Crippen LogP contribution is 2.34. The van der Waals surface area contributed by atoms with Crippen LogP contribution in [0, 0.1) is 0 Å². The number of aromatic nitrogens is 3. The Bertz CT molecular complexity index is 1690. The van der Waals surface area contributed by atoms with Crippen LogP contribution in [0.4, 0.5) is 22.0 Å². The molecule has 0 aliphatic carbocycles. The molecule has 4 aromatic rings. The Morgan fingerprint density at radius 1 is 1.02 bits per heavy atom. The Hall–Kier alpha value is -4.64. The quantitative estimate of drug-likeness (QED) is 0.248. The number of benzene rings is 2. The van der Waals surface area contributed by atoms with Crippen LogP contribution < -0.4 is 15.4 Å². The van der Waals surface area contributed by atoms with Gasteiger partial charge in [0.1, 0.15) is 35.7 Å². The number of fused-ring (bicyclic) bond motifs is 1. The average Bonchev–Trinajstić information content (AvgIpc) is 3.38. The second-order valence-electron chi connectivity index (χ2n) is 11.8. The molecule has 2 aliphatic rings. The van der Waals surface area contributed by atoms with Crippen LogP contribution in [0.3, 0.4) is 0 Å². The van der Waals surface area contributed by atoms with Crippen molar-refractivity contribution in [2.24, 2.45) is 4.99 Å². The molecule has 1 spiro atoms. The number of nitrogens with one attached hydrogen (secondary N) is 2. The zero-order valence-corrected chi connectivity index (χ0v) is 25.6. The molecule has 1 saturated heterocycles. The first-order valence-electron chi connectivity index (χ1n) is 14.5. The first-order chi connectivity index (χ1) is 21.1. The molecule has 2 aromatic heterocycles. The van der Waals surface area contributed by atoms with Gasteiger partial charge in [0.25, 0.3) is 6.02 Å². The second-order valence-corrected chi connectivity index (χ2v) is 12.2. The van der Waals surface area contributed by atoms with Gasteiger partial charge in [-0.05, 0) is 69.3 Å². The number of nitrogens with zero attached hydrogens (tertiary/aromatic N) is 5. The smallest absolute Gasteiger partial charge is 0.410 e. The summed E-state index contributed by atoms with van der Waals surface area (Å²) in [6.45, 7) is 7.57. The Kier molecular flexibility index (Phi) is 8.13. The molecule has 0 radical (unpaired) electrons. The molecule has 2 aliphatic heterocycles. The van der Waals surface area contributed by atoms with E-state index in [4.69, 9.17) is 25.8 Å². The van der Waals surface area contributed by atoms with E-state index in [9.17, 15) is 4.79 Å². The summed E-state index contributed by atoms with van der Waals surface area (Å²) < 4.78 is 17.7. The molecule has 11 nitrogen and oxygen atoms in total. The third-order valence-corrected chi connectivity index (χ3v) is 7.63. The minimum absolute atomic E-state index is 0.292. The van der Waals surface area contributed by atoms with E-state index in [-0.39, 0.29) is 6.09 Å². The number of rotatable bonds is 6. The van der Waals surface area contributed by atoms with Gasteiger partial charge in [-0.2, -0.15) is 0 Å². The molecule has 0 unspecified atom stereocenters. The standard InChI is InChI=1S/C32H34ClN7O4/c1-31(2,3)44-30(41)40-14-11-32(12-15-40)19-35-29(43-32)39-21-7-9-26-24(16-21)28(37-20-36-26)38-22-8-10-27(25(33)17-22)42-18-23-6-4-5-13-34-23/h4-10,13,16-17,20H,11-12,14-15,18-19H2,1-3H3,(H,35,39)(H,36,37,38). The minimum atomic E-state index is -0.524. The molecule has 44 heavy (non-hydrogen) atoms. The van der Waals surface area contributed by atoms with Gasteiger partial charge in [0.05, 0.1) is 22.8 Å². The Balaban J connectivity index is 1.09. The lowest BCUT2D eigenvalue weighted by molar-refractivity contribution is -0.0109. The molecule has 1 fully saturated rings. The molecule has 0 atom stereocenters. The highest BCUT2D eigenvalue weighted by molar-refractivity contribution is 6.32. The number of hydrogen-bond acceptors (Lipinski definition) is 10. The molecule has 6 rings (SSSR count). The summed E-state index contributed by atoms with van der Waals surface area (Å²) in [5.41, 5.74) is 2.17. The fourth-order valence-corrected chi connectivity index (χ4v) is 5.29. The van der Waals surface area contributed by atoms with Crippen molar-refractivity contribution >= 4 is 51.8 Å². The van der Waals surface area contributed by atoms with Crippen LogP contribution in [0.25, 0.3) is 10.9 Å². The van der Waals surface area contributed by atoms with Crippen molar-refractivity contribution in [2.45, 2.75) is 51.4 Å². The number of hydrogen-bond donors (Lipinski definition) is 2. The van der Waals surface area contributed by atoms with Crippen molar-refractivity contribution in [2.75, 3.05) is 30.3 Å². The summed E-state index contributed by atoms with van der Waals surface area (Å²) in [5.74, 6) is 1.18. The van der Waals surface area contributed by atoms with Crippen LogP contribution in [0.5, 0.6) is 5.75 Å². The van der Waals surface area contributed by atoms with Gasteiger partial charge in [-0.15, -0.1) is 0 Å². The molecule has 2 N–H and O–H groups in total. The van der Waals surface area contributed by atoms with Crippen LogP contribution in [-0.2, 0) is 16.1 Å². The normalized spacial score (nSPS) is 15.9. The molecule has 12 heteroatoms. The van der Waals surface area contributed by atoms with Crippen LogP contribution in [0.2, 0.25) is 5.02 Å². The van der Waals surface area contributed by atoms with E-state index in [0.717, 1.165) is 28.0 Å². The van der Waals surface area contributed by atoms with Crippen LogP contribution in [-0.4, -0.2) is 62.8 Å². The summed E-state index contributed by atoms with van der Waals surface area (Å²) >= 11 is 6.53. The summed E-state index contributed by atoms with van der Waals surface area (Å²) in [7, 11) is 0. The third-order valence-electron chi connectivity index (χ3n) is 7.33. The molecule has 228 valence electrons. The maximum absolute atomic E-state index is 12.5. The molecule has 0 bridgehead atoms. The van der Waals surface area contributed by atoms with Gasteiger partial charge in [-0.3, -0.25) is 4.98 Å². The third kappa shape index (κ3) is 6.94. The summed E-state index contributed by atoms with van der Waals surface area (Å²) in [4.78, 5) is 32.0. The highest BCUT2D eigenvalue weighted by Gasteiger charge is 2.42. The van der Waals surface area contributed by atoms with E-state index in [2.05, 4.69) is 30.6 Å². The van der Waals surface area contributed by atoms with E-state index in [1.165, 1.54) is 6.33 Å². The first-order valence-corrected chi connectivity index (χ1v) is 14.9. The van der Waals surface area contributed by atoms with Gasteiger partial charge in [-0.25, -0.2) is 19.8 Å². The number of likely N-dealkylation sites (tertiary alicyclic amines) is 1. The molecular formula is C32H34ClN7O4. The molecular weight excluding hydrogens is 582 g/mol. The monoisotopic (exact) mass is 615 g/mol. The van der Waals surface area contributed by atoms with E-state index < -0.39 is 11.2 Å². The lowest BCUT2D eigenvalue weighted by atomic mass is 9.92. The lowest BCUT2D eigenvalue weighted by Crippen LogP contribution is -2.49. The topological polar surface area (TPSA) is 123 Å². The van der Waals surface area contributed by atoms with Crippen LogP contribution in [0.15, 0.2) is 72.1 Å². The Labute approximate surface area is 260 Å². The van der Waals surface area contributed by atoms with E-state index in [1.807, 2.05) is 69.3 Å². The number of halogens is 1. The van der Waals surface area contributed by atoms with E-state index in [1.54, 1.807) is 17.2 Å². The van der Waals surface area contributed by atoms with Crippen molar-refractivity contribution in [1.82, 2.24) is 19.9 Å². The Morgan fingerprint density at radius 3 is 2.57 bits per heavy atom. The number of aliphatic imine (C=N–C) groups is 1. The van der Waals surface area contributed by atoms with Gasteiger partial charge in [0.2, 0.25) is 0 Å². The predicted octanol–water partition coefficient (Wildman–Crippen LogP) is 6.57. The predicted molar refractivity (Wildman–Crippen MR) is 170 cm³/mol. The van der Waals surface area contributed by atoms with Gasteiger partial charge in [0, 0.05) is 48.9 Å². The van der Waals surface area contributed by atoms with Crippen molar-refractivity contribution in [3.8, 4) is 5.75 Å². The number of anilines is 3. The lowest BCUT2D eigenvalue weighted by Gasteiger charge is -2.38. The zero-order chi connectivity index (χ0) is 30.7. The van der Waals surface area contributed by atoms with Gasteiger partial charge in [0.15, 0.2) is 0 Å². The number of ether oxygens (including phenoxy) is 3. The molecule has 1 amide bonds. The molecule has 4 heterocycles. The second kappa shape index (κ2) is 12.2. The molecule has 0 saturated carbocycles. The number of piperidine rings is 1.